The monoisotopic (exact) mass is 253 g/mol. The Bertz CT molecular complexity index is 439. The Labute approximate surface area is 105 Å². The van der Waals surface area contributed by atoms with Gasteiger partial charge in [0.25, 0.3) is 0 Å². The van der Waals surface area contributed by atoms with E-state index in [1.165, 1.54) is 0 Å². The molecule has 0 aromatic heterocycles. The number of hydrogen-bond acceptors (Lipinski definition) is 2. The molecule has 0 atom stereocenters. The molecular formula is C14H17F2NO. The van der Waals surface area contributed by atoms with Crippen molar-refractivity contribution in [2.24, 2.45) is 11.7 Å². The summed E-state index contributed by atoms with van der Waals surface area (Å²) in [6.07, 6.45) is 3.17. The summed E-state index contributed by atoms with van der Waals surface area (Å²) >= 11 is 0. The zero-order valence-corrected chi connectivity index (χ0v) is 10.2. The summed E-state index contributed by atoms with van der Waals surface area (Å²) in [5.74, 6) is -1.08. The molecule has 0 unspecified atom stereocenters. The van der Waals surface area contributed by atoms with E-state index < -0.39 is 11.6 Å². The second-order valence-electron chi connectivity index (χ2n) is 4.99. The van der Waals surface area contributed by atoms with Crippen LogP contribution >= 0.6 is 0 Å². The molecule has 1 aliphatic rings. The van der Waals surface area contributed by atoms with Gasteiger partial charge >= 0.3 is 0 Å². The van der Waals surface area contributed by atoms with Crippen LogP contribution in [0.5, 0.6) is 0 Å². The number of carbonyl (C=O) groups excluding carboxylic acids is 1. The SMILES string of the molecule is NC1CCC(C(=O)Cc2cc(F)ccc2F)CC1. The van der Waals surface area contributed by atoms with Crippen LogP contribution in [0.2, 0.25) is 0 Å². The Kier molecular flexibility index (Phi) is 4.07. The second-order valence-corrected chi connectivity index (χ2v) is 4.99. The molecule has 1 aliphatic carbocycles. The van der Waals surface area contributed by atoms with E-state index in [1.54, 1.807) is 0 Å². The second kappa shape index (κ2) is 5.57. The predicted molar refractivity (Wildman–Crippen MR) is 65.0 cm³/mol. The van der Waals surface area contributed by atoms with Crippen LogP contribution in [-0.4, -0.2) is 11.8 Å². The molecule has 0 bridgehead atoms. The van der Waals surface area contributed by atoms with E-state index in [9.17, 15) is 13.6 Å². The number of hydrogen-bond donors (Lipinski definition) is 1. The summed E-state index contributed by atoms with van der Waals surface area (Å²) in [4.78, 5) is 12.0. The van der Waals surface area contributed by atoms with Crippen molar-refractivity contribution in [3.63, 3.8) is 0 Å². The maximum Gasteiger partial charge on any atom is 0.140 e. The highest BCUT2D eigenvalue weighted by molar-refractivity contribution is 5.83. The lowest BCUT2D eigenvalue weighted by molar-refractivity contribution is -0.123. The van der Waals surface area contributed by atoms with Crippen molar-refractivity contribution in [2.75, 3.05) is 0 Å². The average Bonchev–Trinajstić information content (AvgIpc) is 2.34. The first kappa shape index (κ1) is 13.1. The Hall–Kier alpha value is -1.29. The van der Waals surface area contributed by atoms with Gasteiger partial charge in [-0.3, -0.25) is 4.79 Å². The molecule has 2 rings (SSSR count). The Morgan fingerprint density at radius 2 is 1.89 bits per heavy atom. The number of benzene rings is 1. The minimum Gasteiger partial charge on any atom is -0.328 e. The molecule has 1 fully saturated rings. The van der Waals surface area contributed by atoms with Gasteiger partial charge in [-0.1, -0.05) is 0 Å². The number of Topliss-reactive ketones (excluding diaryl/α,β-unsaturated/α-hetero) is 1. The van der Waals surface area contributed by atoms with Gasteiger partial charge in [0.15, 0.2) is 0 Å². The van der Waals surface area contributed by atoms with Crippen molar-refractivity contribution in [1.29, 1.82) is 0 Å². The highest BCUT2D eigenvalue weighted by atomic mass is 19.1. The number of halogens is 2. The van der Waals surface area contributed by atoms with Crippen LogP contribution in [0.1, 0.15) is 31.2 Å². The molecule has 0 spiro atoms. The van der Waals surface area contributed by atoms with E-state index in [4.69, 9.17) is 5.73 Å². The highest BCUT2D eigenvalue weighted by Crippen LogP contribution is 2.25. The number of nitrogens with two attached hydrogens (primary N) is 1. The average molecular weight is 253 g/mol. The number of ketones is 1. The van der Waals surface area contributed by atoms with Crippen molar-refractivity contribution >= 4 is 5.78 Å². The summed E-state index contributed by atoms with van der Waals surface area (Å²) in [6, 6.07) is 3.40. The first-order valence-electron chi connectivity index (χ1n) is 6.28. The molecule has 0 aliphatic heterocycles. The normalized spacial score (nSPS) is 23.9. The maximum atomic E-state index is 13.4. The minimum atomic E-state index is -0.516. The third kappa shape index (κ3) is 3.13. The Morgan fingerprint density at radius 3 is 2.56 bits per heavy atom. The van der Waals surface area contributed by atoms with Crippen LogP contribution in [0.3, 0.4) is 0 Å². The van der Waals surface area contributed by atoms with Crippen molar-refractivity contribution in [3.05, 3.63) is 35.4 Å². The van der Waals surface area contributed by atoms with Gasteiger partial charge in [-0.05, 0) is 49.4 Å². The van der Waals surface area contributed by atoms with Gasteiger partial charge in [-0.25, -0.2) is 8.78 Å². The lowest BCUT2D eigenvalue weighted by Gasteiger charge is -2.25. The Balaban J connectivity index is 2.00. The fourth-order valence-electron chi connectivity index (χ4n) is 2.45. The fourth-order valence-corrected chi connectivity index (χ4v) is 2.45. The topological polar surface area (TPSA) is 43.1 Å². The third-order valence-electron chi connectivity index (χ3n) is 3.60. The van der Waals surface area contributed by atoms with Crippen molar-refractivity contribution in [1.82, 2.24) is 0 Å². The zero-order chi connectivity index (χ0) is 13.1. The van der Waals surface area contributed by atoms with E-state index in [-0.39, 0.29) is 29.7 Å². The fraction of sp³-hybridized carbons (Fsp3) is 0.500. The van der Waals surface area contributed by atoms with Crippen LogP contribution < -0.4 is 5.73 Å². The van der Waals surface area contributed by atoms with Gasteiger partial charge in [-0.15, -0.1) is 0 Å². The minimum absolute atomic E-state index is 0.00796. The van der Waals surface area contributed by atoms with Crippen LogP contribution in [-0.2, 0) is 11.2 Å². The van der Waals surface area contributed by atoms with Crippen LogP contribution in [0.25, 0.3) is 0 Å². The van der Waals surface area contributed by atoms with Gasteiger partial charge in [0.2, 0.25) is 0 Å². The molecule has 2 nitrogen and oxygen atoms in total. The lowest BCUT2D eigenvalue weighted by Crippen LogP contribution is -2.30. The standard InChI is InChI=1S/C14H17F2NO/c15-11-3-6-13(16)10(7-11)8-14(18)9-1-4-12(17)5-2-9/h3,6-7,9,12H,1-2,4-5,8,17H2. The van der Waals surface area contributed by atoms with E-state index in [0.29, 0.717) is 0 Å². The summed E-state index contributed by atoms with van der Waals surface area (Å²) in [5, 5.41) is 0. The molecule has 4 heteroatoms. The van der Waals surface area contributed by atoms with E-state index in [2.05, 4.69) is 0 Å². The van der Waals surface area contributed by atoms with Crippen molar-refractivity contribution in [2.45, 2.75) is 38.1 Å². The highest BCUT2D eigenvalue weighted by Gasteiger charge is 2.25. The van der Waals surface area contributed by atoms with Gasteiger partial charge < -0.3 is 5.73 Å². The van der Waals surface area contributed by atoms with Crippen molar-refractivity contribution in [3.8, 4) is 0 Å². The predicted octanol–water partition coefficient (Wildman–Crippen LogP) is 2.59. The summed E-state index contributed by atoms with van der Waals surface area (Å²) in [5.41, 5.74) is 5.92. The third-order valence-corrected chi connectivity index (χ3v) is 3.60. The van der Waals surface area contributed by atoms with E-state index >= 15 is 0 Å². The summed E-state index contributed by atoms with van der Waals surface area (Å²) in [6.45, 7) is 0. The lowest BCUT2D eigenvalue weighted by atomic mass is 9.82. The largest absolute Gasteiger partial charge is 0.328 e. The van der Waals surface area contributed by atoms with E-state index in [0.717, 1.165) is 43.9 Å². The molecule has 0 amide bonds. The number of rotatable bonds is 3. The van der Waals surface area contributed by atoms with Gasteiger partial charge in [-0.2, -0.15) is 0 Å². The molecule has 98 valence electrons. The quantitative estimate of drug-likeness (QED) is 0.899. The zero-order valence-electron chi connectivity index (χ0n) is 10.2. The van der Waals surface area contributed by atoms with Gasteiger partial charge in [0.05, 0.1) is 0 Å². The van der Waals surface area contributed by atoms with Gasteiger partial charge in [0, 0.05) is 18.4 Å². The molecule has 1 saturated carbocycles. The molecule has 2 N–H and O–H groups in total. The molecule has 18 heavy (non-hydrogen) atoms. The first-order chi connectivity index (χ1) is 8.56. The van der Waals surface area contributed by atoms with E-state index in [1.807, 2.05) is 0 Å². The Morgan fingerprint density at radius 1 is 1.22 bits per heavy atom. The number of carbonyl (C=O) groups is 1. The van der Waals surface area contributed by atoms with Crippen LogP contribution in [0, 0.1) is 17.6 Å². The van der Waals surface area contributed by atoms with Crippen molar-refractivity contribution < 1.29 is 13.6 Å². The summed E-state index contributed by atoms with van der Waals surface area (Å²) in [7, 11) is 0. The molecule has 1 aromatic rings. The molecule has 0 radical (unpaired) electrons. The molecule has 0 saturated heterocycles. The summed E-state index contributed by atoms with van der Waals surface area (Å²) < 4.78 is 26.4. The molecular weight excluding hydrogens is 236 g/mol. The first-order valence-corrected chi connectivity index (χ1v) is 6.28. The van der Waals surface area contributed by atoms with Gasteiger partial charge in [0.1, 0.15) is 17.4 Å². The molecule has 0 heterocycles. The smallest absolute Gasteiger partial charge is 0.140 e. The molecule has 1 aromatic carbocycles. The van der Waals surface area contributed by atoms with Crippen LogP contribution in [0.15, 0.2) is 18.2 Å². The van der Waals surface area contributed by atoms with Crippen LogP contribution in [0.4, 0.5) is 8.78 Å². The maximum absolute atomic E-state index is 13.4.